The molecule has 3 heterocycles. The van der Waals surface area contributed by atoms with E-state index in [0.29, 0.717) is 5.92 Å². The van der Waals surface area contributed by atoms with Gasteiger partial charge in [0.2, 0.25) is 0 Å². The van der Waals surface area contributed by atoms with Crippen LogP contribution in [0.5, 0.6) is 0 Å². The Morgan fingerprint density at radius 1 is 0.755 bits per heavy atom. The van der Waals surface area contributed by atoms with Crippen LogP contribution in [0.4, 0.5) is 11.4 Å². The van der Waals surface area contributed by atoms with E-state index in [0.717, 1.165) is 18.6 Å². The lowest BCUT2D eigenvalue weighted by Crippen LogP contribution is -2.37. The average Bonchev–Trinajstić information content (AvgIpc) is 3.69. The minimum absolute atomic E-state index is 0.0637. The van der Waals surface area contributed by atoms with Crippen LogP contribution in [-0.4, -0.2) is 20.1 Å². The molecular formula is C49H54N3O+. The molecule has 2 unspecified atom stereocenters. The quantitative estimate of drug-likeness (QED) is 0.158. The molecule has 0 radical (unpaired) electrons. The number of rotatable bonds is 7. The van der Waals surface area contributed by atoms with E-state index < -0.39 is 0 Å². The van der Waals surface area contributed by atoms with Crippen LogP contribution in [0.1, 0.15) is 77.2 Å². The maximum absolute atomic E-state index is 7.25. The highest BCUT2D eigenvalue weighted by Crippen LogP contribution is 2.51. The number of ether oxygens (including phenoxy) is 1. The molecule has 3 aliphatic rings. The van der Waals surface area contributed by atoms with E-state index in [1.54, 1.807) is 0 Å². The number of benzene rings is 4. The van der Waals surface area contributed by atoms with Crippen molar-refractivity contribution in [2.75, 3.05) is 23.9 Å². The molecule has 0 fully saturated rings. The third-order valence-electron chi connectivity index (χ3n) is 12.3. The zero-order valence-corrected chi connectivity index (χ0v) is 32.9. The van der Waals surface area contributed by atoms with Crippen molar-refractivity contribution in [3.05, 3.63) is 161 Å². The Labute approximate surface area is 316 Å². The van der Waals surface area contributed by atoms with Crippen molar-refractivity contribution in [1.82, 2.24) is 0 Å². The van der Waals surface area contributed by atoms with Crippen molar-refractivity contribution in [1.29, 1.82) is 0 Å². The van der Waals surface area contributed by atoms with Gasteiger partial charge in [0, 0.05) is 59.7 Å². The van der Waals surface area contributed by atoms with Crippen LogP contribution < -0.4 is 14.4 Å². The van der Waals surface area contributed by atoms with E-state index in [4.69, 9.17) is 4.74 Å². The van der Waals surface area contributed by atoms with Crippen LogP contribution in [0.3, 0.4) is 0 Å². The predicted octanol–water partition coefficient (Wildman–Crippen LogP) is 11.2. The summed E-state index contributed by atoms with van der Waals surface area (Å²) in [6, 6.07) is 31.3. The number of nitrogens with zero attached hydrogens (tertiary/aromatic N) is 3. The number of hydrogen-bond acceptors (Lipinski definition) is 3. The zero-order valence-electron chi connectivity index (χ0n) is 32.9. The van der Waals surface area contributed by atoms with Gasteiger partial charge in [0.05, 0.1) is 6.04 Å². The molecule has 8 rings (SSSR count). The molecule has 0 spiro atoms. The molecule has 4 heteroatoms. The normalized spacial score (nSPS) is 21.2. The summed E-state index contributed by atoms with van der Waals surface area (Å²) in [5, 5.41) is 5.28. The third kappa shape index (κ3) is 5.78. The second kappa shape index (κ2) is 13.1. The molecule has 0 amide bonds. The summed E-state index contributed by atoms with van der Waals surface area (Å²) in [7, 11) is 6.53. The van der Waals surface area contributed by atoms with E-state index in [2.05, 4.69) is 199 Å². The largest absolute Gasteiger partial charge is 0.485 e. The SMILES string of the molecule is CC(C)C(OC1=C(/C=C/C2N(C)c3ccc4ccccc4c3C2(C)C)CC/C1=C\C=C1\N(C)c2ccc3ccccc3c2C1(C)C)c1cc[n+](C)cc1. The third-order valence-corrected chi connectivity index (χ3v) is 12.3. The summed E-state index contributed by atoms with van der Waals surface area (Å²) in [4.78, 5) is 4.86. The number of anilines is 2. The second-order valence-electron chi connectivity index (χ2n) is 16.9. The summed E-state index contributed by atoms with van der Waals surface area (Å²) in [6.45, 7) is 14.1. The smallest absolute Gasteiger partial charge is 0.168 e. The number of pyridine rings is 1. The minimum atomic E-state index is -0.147. The summed E-state index contributed by atoms with van der Waals surface area (Å²) in [6.07, 6.45) is 15.6. The first kappa shape index (κ1) is 35.0. The molecule has 1 aromatic heterocycles. The van der Waals surface area contributed by atoms with Crippen LogP contribution in [0.25, 0.3) is 21.5 Å². The summed E-state index contributed by atoms with van der Waals surface area (Å²) in [5.41, 5.74) is 10.3. The van der Waals surface area contributed by atoms with Crippen molar-refractivity contribution in [2.24, 2.45) is 13.0 Å². The number of aromatic nitrogens is 1. The van der Waals surface area contributed by atoms with E-state index in [1.807, 2.05) is 0 Å². The van der Waals surface area contributed by atoms with Gasteiger partial charge < -0.3 is 14.5 Å². The first-order valence-corrected chi connectivity index (χ1v) is 19.3. The highest BCUT2D eigenvalue weighted by Gasteiger charge is 2.43. The maximum Gasteiger partial charge on any atom is 0.168 e. The van der Waals surface area contributed by atoms with E-state index in [-0.39, 0.29) is 23.0 Å². The van der Waals surface area contributed by atoms with Crippen LogP contribution in [0, 0.1) is 5.92 Å². The number of hydrogen-bond donors (Lipinski definition) is 0. The number of aryl methyl sites for hydroxylation is 1. The Morgan fingerprint density at radius 2 is 1.38 bits per heavy atom. The van der Waals surface area contributed by atoms with Crippen molar-refractivity contribution in [3.8, 4) is 0 Å². The molecular weight excluding hydrogens is 647 g/mol. The first-order valence-electron chi connectivity index (χ1n) is 19.3. The fourth-order valence-corrected chi connectivity index (χ4v) is 9.55. The van der Waals surface area contributed by atoms with Gasteiger partial charge in [0.25, 0.3) is 0 Å². The monoisotopic (exact) mass is 700 g/mol. The highest BCUT2D eigenvalue weighted by atomic mass is 16.5. The van der Waals surface area contributed by atoms with Gasteiger partial charge in [-0.3, -0.25) is 0 Å². The first-order chi connectivity index (χ1) is 25.4. The Hall–Kier alpha value is -5.09. The fraction of sp³-hybridized carbons (Fsp3) is 0.327. The van der Waals surface area contributed by atoms with Gasteiger partial charge in [0.1, 0.15) is 18.9 Å². The van der Waals surface area contributed by atoms with Gasteiger partial charge >= 0.3 is 0 Å². The van der Waals surface area contributed by atoms with Gasteiger partial charge in [-0.15, -0.1) is 0 Å². The second-order valence-corrected chi connectivity index (χ2v) is 16.9. The molecule has 5 aromatic rings. The van der Waals surface area contributed by atoms with Gasteiger partial charge in [-0.25, -0.2) is 4.57 Å². The maximum atomic E-state index is 7.25. The average molecular weight is 701 g/mol. The van der Waals surface area contributed by atoms with Crippen molar-refractivity contribution < 1.29 is 9.30 Å². The molecule has 0 N–H and O–H groups in total. The fourth-order valence-electron chi connectivity index (χ4n) is 9.55. The molecule has 1 aliphatic carbocycles. The van der Waals surface area contributed by atoms with Gasteiger partial charge in [-0.05, 0) is 80.8 Å². The lowest BCUT2D eigenvalue weighted by molar-refractivity contribution is -0.671. The topological polar surface area (TPSA) is 19.6 Å². The number of likely N-dealkylation sites (N-methyl/N-ethyl adjacent to an activating group) is 2. The Bertz CT molecular complexity index is 2350. The molecule has 2 atom stereocenters. The highest BCUT2D eigenvalue weighted by molar-refractivity contribution is 5.95. The lowest BCUT2D eigenvalue weighted by Gasteiger charge is -2.30. The number of fused-ring (bicyclic) bond motifs is 6. The van der Waals surface area contributed by atoms with Gasteiger partial charge in [0.15, 0.2) is 12.4 Å². The lowest BCUT2D eigenvalue weighted by atomic mass is 9.78. The summed E-state index contributed by atoms with van der Waals surface area (Å²) >= 11 is 0. The van der Waals surface area contributed by atoms with Crippen LogP contribution in [0.2, 0.25) is 0 Å². The molecule has 4 nitrogen and oxygen atoms in total. The van der Waals surface area contributed by atoms with Gasteiger partial charge in [-0.1, -0.05) is 120 Å². The van der Waals surface area contributed by atoms with Crippen molar-refractivity contribution >= 4 is 32.9 Å². The van der Waals surface area contributed by atoms with Gasteiger partial charge in [-0.2, -0.15) is 0 Å². The molecule has 0 bridgehead atoms. The molecule has 2 aliphatic heterocycles. The standard InChI is InChI=1S/C49H54N3O/c1-32(2)46(37-28-30-50(7)31-29-37)53-47-35(22-26-42-48(3,4)44-38-16-12-10-14-33(38)20-24-40(44)51(42)8)18-19-36(47)23-27-43-49(5,6)45-39-17-13-11-15-34(39)21-25-41(45)52(43)9/h10-17,20-32,42,46H,18-19H2,1-9H3/q+1/b26-22+,36-23+,43-27+. The molecule has 53 heavy (non-hydrogen) atoms. The van der Waals surface area contributed by atoms with Crippen LogP contribution in [-0.2, 0) is 22.6 Å². The molecule has 0 saturated carbocycles. The van der Waals surface area contributed by atoms with Crippen molar-refractivity contribution in [2.45, 2.75) is 77.4 Å². The predicted molar refractivity (Wildman–Crippen MR) is 222 cm³/mol. The van der Waals surface area contributed by atoms with Crippen molar-refractivity contribution in [3.63, 3.8) is 0 Å². The summed E-state index contributed by atoms with van der Waals surface area (Å²) in [5.74, 6) is 1.33. The number of allylic oxidation sites excluding steroid dienone is 6. The Kier molecular flexibility index (Phi) is 8.64. The van der Waals surface area contributed by atoms with E-state index in [9.17, 15) is 0 Å². The zero-order chi connectivity index (χ0) is 37.2. The van der Waals surface area contributed by atoms with E-state index in [1.165, 1.54) is 66.5 Å². The minimum Gasteiger partial charge on any atom is -0.485 e. The summed E-state index contributed by atoms with van der Waals surface area (Å²) < 4.78 is 9.33. The van der Waals surface area contributed by atoms with Crippen LogP contribution in [0.15, 0.2) is 144 Å². The van der Waals surface area contributed by atoms with Crippen LogP contribution >= 0.6 is 0 Å². The van der Waals surface area contributed by atoms with E-state index >= 15 is 0 Å². The molecule has 4 aromatic carbocycles. The Balaban J connectivity index is 1.20. The Morgan fingerprint density at radius 3 is 2.04 bits per heavy atom. The molecule has 270 valence electrons. The molecule has 0 saturated heterocycles.